The first-order valence-corrected chi connectivity index (χ1v) is 5.76. The van der Waals surface area contributed by atoms with E-state index in [9.17, 15) is 0 Å². The van der Waals surface area contributed by atoms with Crippen molar-refractivity contribution in [3.8, 4) is 11.4 Å². The molecule has 0 radical (unpaired) electrons. The van der Waals surface area contributed by atoms with Crippen molar-refractivity contribution >= 4 is 12.6 Å². The number of aromatic amines is 1. The van der Waals surface area contributed by atoms with Gasteiger partial charge in [-0.25, -0.2) is 4.98 Å². The highest BCUT2D eigenvalue weighted by Gasteiger charge is 2.15. The molecule has 1 aromatic heterocycles. The van der Waals surface area contributed by atoms with Gasteiger partial charge in [0.2, 0.25) is 0 Å². The summed E-state index contributed by atoms with van der Waals surface area (Å²) in [6.45, 7) is 6.60. The maximum atomic E-state index is 4.47. The molecule has 16 heavy (non-hydrogen) atoms. The van der Waals surface area contributed by atoms with Crippen LogP contribution in [0.15, 0.2) is 35.5 Å². The number of rotatable bonds is 1. The summed E-state index contributed by atoms with van der Waals surface area (Å²) in [5.74, 6) is 0.871. The lowest BCUT2D eigenvalue weighted by molar-refractivity contribution is 0.590. The van der Waals surface area contributed by atoms with E-state index in [1.54, 1.807) is 6.20 Å². The Hall–Kier alpha value is -1.22. The van der Waals surface area contributed by atoms with Crippen molar-refractivity contribution in [3.63, 3.8) is 0 Å². The Morgan fingerprint density at radius 1 is 1.25 bits per heavy atom. The van der Waals surface area contributed by atoms with Crippen LogP contribution < -0.4 is 0 Å². The molecule has 84 valence electrons. The Kier molecular flexibility index (Phi) is 2.80. The van der Waals surface area contributed by atoms with Crippen LogP contribution in [0.25, 0.3) is 11.4 Å². The third kappa shape index (κ3) is 2.14. The van der Waals surface area contributed by atoms with Crippen LogP contribution in [0.5, 0.6) is 0 Å². The molecule has 1 aromatic carbocycles. The number of thiol groups is 1. The van der Waals surface area contributed by atoms with Gasteiger partial charge in [-0.15, -0.1) is 12.6 Å². The van der Waals surface area contributed by atoms with Gasteiger partial charge >= 0.3 is 0 Å². The lowest BCUT2D eigenvalue weighted by Crippen LogP contribution is -2.11. The first-order valence-electron chi connectivity index (χ1n) is 5.32. The molecule has 0 amide bonds. The minimum atomic E-state index is 0.142. The predicted molar refractivity (Wildman–Crippen MR) is 70.0 cm³/mol. The molecule has 0 aliphatic carbocycles. The minimum Gasteiger partial charge on any atom is -0.345 e. The van der Waals surface area contributed by atoms with Crippen molar-refractivity contribution in [2.24, 2.45) is 0 Å². The van der Waals surface area contributed by atoms with E-state index in [4.69, 9.17) is 0 Å². The molecule has 0 saturated carbocycles. The zero-order chi connectivity index (χ0) is 11.8. The smallest absolute Gasteiger partial charge is 0.138 e. The Labute approximate surface area is 102 Å². The molecule has 0 bridgehead atoms. The highest BCUT2D eigenvalue weighted by Crippen LogP contribution is 2.30. The van der Waals surface area contributed by atoms with Gasteiger partial charge in [-0.1, -0.05) is 26.8 Å². The molecule has 1 N–H and O–H groups in total. The number of aromatic nitrogens is 2. The molecule has 0 aliphatic heterocycles. The predicted octanol–water partition coefficient (Wildman–Crippen LogP) is 3.66. The molecule has 2 aromatic rings. The monoisotopic (exact) mass is 232 g/mol. The molecule has 2 nitrogen and oxygen atoms in total. The first kappa shape index (κ1) is 11.3. The van der Waals surface area contributed by atoms with E-state index in [2.05, 4.69) is 55.5 Å². The maximum absolute atomic E-state index is 4.47. The fraction of sp³-hybridized carbons (Fsp3) is 0.308. The van der Waals surface area contributed by atoms with Gasteiger partial charge in [0, 0.05) is 22.9 Å². The van der Waals surface area contributed by atoms with Crippen LogP contribution in [0.3, 0.4) is 0 Å². The average molecular weight is 232 g/mol. The van der Waals surface area contributed by atoms with Crippen molar-refractivity contribution in [3.05, 3.63) is 36.2 Å². The summed E-state index contributed by atoms with van der Waals surface area (Å²) in [4.78, 5) is 8.33. The largest absolute Gasteiger partial charge is 0.345 e. The summed E-state index contributed by atoms with van der Waals surface area (Å²) < 4.78 is 0. The summed E-state index contributed by atoms with van der Waals surface area (Å²) in [5, 5.41) is 0. The molecular weight excluding hydrogens is 216 g/mol. The van der Waals surface area contributed by atoms with E-state index in [-0.39, 0.29) is 5.41 Å². The number of nitrogens with zero attached hydrogens (tertiary/aromatic N) is 1. The van der Waals surface area contributed by atoms with Crippen molar-refractivity contribution in [2.75, 3.05) is 0 Å². The molecule has 3 heteroatoms. The third-order valence-electron chi connectivity index (χ3n) is 2.62. The highest BCUT2D eigenvalue weighted by atomic mass is 32.1. The van der Waals surface area contributed by atoms with E-state index in [1.807, 2.05) is 12.3 Å². The van der Waals surface area contributed by atoms with E-state index in [0.29, 0.717) is 0 Å². The zero-order valence-corrected chi connectivity index (χ0v) is 10.7. The Balaban J connectivity index is 2.54. The topological polar surface area (TPSA) is 28.7 Å². The minimum absolute atomic E-state index is 0.142. The second-order valence-electron chi connectivity index (χ2n) is 4.92. The van der Waals surface area contributed by atoms with Crippen LogP contribution in [0, 0.1) is 0 Å². The highest BCUT2D eigenvalue weighted by molar-refractivity contribution is 7.80. The molecule has 0 saturated heterocycles. The van der Waals surface area contributed by atoms with Crippen LogP contribution in [-0.2, 0) is 5.41 Å². The van der Waals surface area contributed by atoms with Crippen molar-refractivity contribution in [2.45, 2.75) is 31.1 Å². The van der Waals surface area contributed by atoms with Gasteiger partial charge in [-0.3, -0.25) is 0 Å². The Bertz CT molecular complexity index is 481. The van der Waals surface area contributed by atoms with Crippen molar-refractivity contribution in [1.82, 2.24) is 9.97 Å². The SMILES string of the molecule is CC(C)(C)c1ccc(S)c(-c2ncc[nH]2)c1. The number of H-pyrrole nitrogens is 1. The molecule has 0 unspecified atom stereocenters. The third-order valence-corrected chi connectivity index (χ3v) is 3.01. The second-order valence-corrected chi connectivity index (χ2v) is 5.40. The molecule has 1 heterocycles. The fourth-order valence-electron chi connectivity index (χ4n) is 1.60. The van der Waals surface area contributed by atoms with Gasteiger partial charge in [0.1, 0.15) is 5.82 Å². The average Bonchev–Trinajstić information content (AvgIpc) is 2.69. The van der Waals surface area contributed by atoms with E-state index in [1.165, 1.54) is 5.56 Å². The van der Waals surface area contributed by atoms with Gasteiger partial charge < -0.3 is 4.98 Å². The van der Waals surface area contributed by atoms with E-state index < -0.39 is 0 Å². The van der Waals surface area contributed by atoms with Gasteiger partial charge in [0.05, 0.1) is 0 Å². The summed E-state index contributed by atoms with van der Waals surface area (Å²) in [7, 11) is 0. The van der Waals surface area contributed by atoms with Gasteiger partial charge in [0.25, 0.3) is 0 Å². The molecular formula is C13H16N2S. The van der Waals surface area contributed by atoms with Crippen LogP contribution in [0.1, 0.15) is 26.3 Å². The Morgan fingerprint density at radius 3 is 2.56 bits per heavy atom. The summed E-state index contributed by atoms with van der Waals surface area (Å²) in [6, 6.07) is 6.30. The normalized spacial score (nSPS) is 11.8. The van der Waals surface area contributed by atoms with Crippen molar-refractivity contribution < 1.29 is 0 Å². The van der Waals surface area contributed by atoms with Gasteiger partial charge in [-0.2, -0.15) is 0 Å². The summed E-state index contributed by atoms with van der Waals surface area (Å²) in [5.41, 5.74) is 2.49. The fourth-order valence-corrected chi connectivity index (χ4v) is 1.85. The van der Waals surface area contributed by atoms with E-state index in [0.717, 1.165) is 16.3 Å². The molecule has 0 fully saturated rings. The lowest BCUT2D eigenvalue weighted by atomic mass is 9.86. The van der Waals surface area contributed by atoms with Crippen LogP contribution in [0.2, 0.25) is 0 Å². The second kappa shape index (κ2) is 3.98. The van der Waals surface area contributed by atoms with E-state index >= 15 is 0 Å². The number of benzene rings is 1. The zero-order valence-electron chi connectivity index (χ0n) is 9.78. The van der Waals surface area contributed by atoms with Crippen LogP contribution >= 0.6 is 12.6 Å². The van der Waals surface area contributed by atoms with Gasteiger partial charge in [-0.05, 0) is 23.1 Å². The van der Waals surface area contributed by atoms with Crippen LogP contribution in [-0.4, -0.2) is 9.97 Å². The van der Waals surface area contributed by atoms with Crippen LogP contribution in [0.4, 0.5) is 0 Å². The van der Waals surface area contributed by atoms with Gasteiger partial charge in [0.15, 0.2) is 0 Å². The quantitative estimate of drug-likeness (QED) is 0.722. The number of hydrogen-bond donors (Lipinski definition) is 2. The number of nitrogens with one attached hydrogen (secondary N) is 1. The summed E-state index contributed by atoms with van der Waals surface area (Å²) >= 11 is 4.47. The standard InChI is InChI=1S/C13H16N2S/c1-13(2,3)9-4-5-11(16)10(8-9)12-14-6-7-15-12/h4-8,16H,1-3H3,(H,14,15). The number of imidazole rings is 1. The maximum Gasteiger partial charge on any atom is 0.138 e. The van der Waals surface area contributed by atoms with Crippen molar-refractivity contribution in [1.29, 1.82) is 0 Å². The Morgan fingerprint density at radius 2 is 2.00 bits per heavy atom. The molecule has 0 aliphatic rings. The molecule has 0 atom stereocenters. The number of hydrogen-bond acceptors (Lipinski definition) is 2. The first-order chi connectivity index (χ1) is 7.48. The molecule has 0 spiro atoms. The summed E-state index contributed by atoms with van der Waals surface area (Å²) in [6.07, 6.45) is 3.58. The molecule has 2 rings (SSSR count). The lowest BCUT2D eigenvalue weighted by Gasteiger charge is -2.20.